The zero-order valence-corrected chi connectivity index (χ0v) is 15.8. The van der Waals surface area contributed by atoms with Crippen molar-refractivity contribution in [2.45, 2.75) is 6.92 Å². The zero-order valence-electron chi connectivity index (χ0n) is 15.8. The van der Waals surface area contributed by atoms with Crippen LogP contribution in [0, 0.1) is 6.92 Å². The number of nitrogens with one attached hydrogen (secondary N) is 2. The van der Waals surface area contributed by atoms with Crippen molar-refractivity contribution in [2.75, 3.05) is 25.6 Å². The minimum absolute atomic E-state index is 0.266. The molecule has 0 atom stereocenters. The number of amides is 1. The van der Waals surface area contributed by atoms with Crippen molar-refractivity contribution in [2.24, 2.45) is 0 Å². The molecule has 0 saturated carbocycles. The summed E-state index contributed by atoms with van der Waals surface area (Å²) in [5, 5.41) is 5.94. The lowest BCUT2D eigenvalue weighted by molar-refractivity contribution is 0.0931. The Morgan fingerprint density at radius 2 is 1.71 bits per heavy atom. The van der Waals surface area contributed by atoms with E-state index < -0.39 is 0 Å². The molecule has 0 bridgehead atoms. The number of carbonyl (C=O) groups is 1. The monoisotopic (exact) mass is 378 g/mol. The topological polar surface area (TPSA) is 85.4 Å². The van der Waals surface area contributed by atoms with Gasteiger partial charge in [-0.2, -0.15) is 0 Å². The normalized spacial score (nSPS) is 10.4. The van der Waals surface area contributed by atoms with E-state index in [4.69, 9.17) is 9.47 Å². The molecule has 1 aromatic heterocycles. The van der Waals surface area contributed by atoms with Gasteiger partial charge in [0, 0.05) is 25.4 Å². The minimum atomic E-state index is -0.266. The number of methoxy groups -OCH3 is 1. The molecular formula is C21H22N4O3. The van der Waals surface area contributed by atoms with E-state index in [2.05, 4.69) is 20.6 Å². The van der Waals surface area contributed by atoms with Gasteiger partial charge in [0.25, 0.3) is 5.91 Å². The van der Waals surface area contributed by atoms with Gasteiger partial charge in [-0.15, -0.1) is 0 Å². The Hall–Kier alpha value is -3.45. The first kappa shape index (κ1) is 19.3. The van der Waals surface area contributed by atoms with Gasteiger partial charge in [0.2, 0.25) is 0 Å². The summed E-state index contributed by atoms with van der Waals surface area (Å²) in [5.74, 6) is 2.29. The van der Waals surface area contributed by atoms with Crippen molar-refractivity contribution in [3.63, 3.8) is 0 Å². The van der Waals surface area contributed by atoms with E-state index in [1.54, 1.807) is 20.1 Å². The van der Waals surface area contributed by atoms with E-state index in [0.717, 1.165) is 17.2 Å². The Balaban J connectivity index is 1.66. The number of nitrogens with zero attached hydrogens (tertiary/aromatic N) is 2. The summed E-state index contributed by atoms with van der Waals surface area (Å²) in [4.78, 5) is 20.7. The van der Waals surface area contributed by atoms with Crippen molar-refractivity contribution < 1.29 is 14.3 Å². The Kier molecular flexibility index (Phi) is 6.54. The molecule has 3 aromatic rings. The molecule has 2 N–H and O–H groups in total. The van der Waals surface area contributed by atoms with Crippen LogP contribution in [0.1, 0.15) is 16.3 Å². The average Bonchev–Trinajstić information content (AvgIpc) is 2.70. The molecule has 3 rings (SSSR count). The van der Waals surface area contributed by atoms with Crippen molar-refractivity contribution in [1.29, 1.82) is 0 Å². The van der Waals surface area contributed by atoms with Crippen LogP contribution >= 0.6 is 0 Å². The van der Waals surface area contributed by atoms with Gasteiger partial charge in [-0.05, 0) is 43.3 Å². The number of hydrogen-bond acceptors (Lipinski definition) is 6. The molecule has 0 aliphatic carbocycles. The lowest BCUT2D eigenvalue weighted by atomic mass is 10.3. The Morgan fingerprint density at radius 1 is 1.00 bits per heavy atom. The molecule has 1 amide bonds. The summed E-state index contributed by atoms with van der Waals surface area (Å²) >= 11 is 0. The first-order chi connectivity index (χ1) is 13.6. The molecule has 28 heavy (non-hydrogen) atoms. The minimum Gasteiger partial charge on any atom is -0.457 e. The second kappa shape index (κ2) is 9.48. The van der Waals surface area contributed by atoms with Crippen LogP contribution in [-0.2, 0) is 4.74 Å². The molecule has 0 radical (unpaired) electrons. The molecule has 0 aliphatic rings. The van der Waals surface area contributed by atoms with Crippen LogP contribution < -0.4 is 15.4 Å². The summed E-state index contributed by atoms with van der Waals surface area (Å²) in [7, 11) is 1.58. The van der Waals surface area contributed by atoms with E-state index in [1.165, 1.54) is 0 Å². The largest absolute Gasteiger partial charge is 0.457 e. The second-order valence-corrected chi connectivity index (χ2v) is 6.00. The molecule has 0 fully saturated rings. The van der Waals surface area contributed by atoms with Gasteiger partial charge >= 0.3 is 0 Å². The fourth-order valence-corrected chi connectivity index (χ4v) is 2.48. The van der Waals surface area contributed by atoms with Gasteiger partial charge in [-0.1, -0.05) is 18.2 Å². The standard InChI is InChI=1S/C21H22N4O3/c1-15-23-19(21(26)22-12-13-27-2)14-20(24-15)25-16-8-10-18(11-9-16)28-17-6-4-3-5-7-17/h3-11,14H,12-13H2,1-2H3,(H,22,26)(H,23,24,25). The number of carbonyl (C=O) groups excluding carboxylic acids is 1. The van der Waals surface area contributed by atoms with Crippen LogP contribution in [0.4, 0.5) is 11.5 Å². The third-order valence-corrected chi connectivity index (χ3v) is 3.77. The summed E-state index contributed by atoms with van der Waals surface area (Å²) in [6, 6.07) is 18.7. The van der Waals surface area contributed by atoms with E-state index in [0.29, 0.717) is 30.5 Å². The summed E-state index contributed by atoms with van der Waals surface area (Å²) in [6.07, 6.45) is 0. The lowest BCUT2D eigenvalue weighted by Crippen LogP contribution is -2.28. The highest BCUT2D eigenvalue weighted by Gasteiger charge is 2.10. The van der Waals surface area contributed by atoms with Gasteiger partial charge in [-0.25, -0.2) is 9.97 Å². The maximum Gasteiger partial charge on any atom is 0.270 e. The SMILES string of the molecule is COCCNC(=O)c1cc(Nc2ccc(Oc3ccccc3)cc2)nc(C)n1. The van der Waals surface area contributed by atoms with Crippen molar-refractivity contribution in [1.82, 2.24) is 15.3 Å². The highest BCUT2D eigenvalue weighted by atomic mass is 16.5. The van der Waals surface area contributed by atoms with Crippen molar-refractivity contribution >= 4 is 17.4 Å². The quantitative estimate of drug-likeness (QED) is 0.582. The number of para-hydroxylation sites is 1. The number of hydrogen-bond donors (Lipinski definition) is 2. The van der Waals surface area contributed by atoms with Crippen molar-refractivity contribution in [3.8, 4) is 11.5 Å². The van der Waals surface area contributed by atoms with Crippen molar-refractivity contribution in [3.05, 3.63) is 72.2 Å². The molecule has 2 aromatic carbocycles. The van der Waals surface area contributed by atoms with Crippen LogP contribution in [0.15, 0.2) is 60.7 Å². The number of aryl methyl sites for hydroxylation is 1. The Labute approximate surface area is 163 Å². The molecule has 0 saturated heterocycles. The predicted octanol–water partition coefficient (Wildman–Crippen LogP) is 3.70. The van der Waals surface area contributed by atoms with Crippen LogP contribution in [0.25, 0.3) is 0 Å². The molecule has 0 unspecified atom stereocenters. The number of benzene rings is 2. The highest BCUT2D eigenvalue weighted by Crippen LogP contribution is 2.24. The Morgan fingerprint density at radius 3 is 2.43 bits per heavy atom. The molecule has 1 heterocycles. The van der Waals surface area contributed by atoms with Crippen LogP contribution in [0.3, 0.4) is 0 Å². The number of anilines is 2. The molecule has 144 valence electrons. The fraction of sp³-hybridized carbons (Fsp3) is 0.190. The maximum atomic E-state index is 12.2. The third-order valence-electron chi connectivity index (χ3n) is 3.77. The molecule has 7 heteroatoms. The van der Waals surface area contributed by atoms with Gasteiger partial charge in [0.1, 0.15) is 28.8 Å². The maximum absolute atomic E-state index is 12.2. The van der Waals surface area contributed by atoms with E-state index in [9.17, 15) is 4.79 Å². The lowest BCUT2D eigenvalue weighted by Gasteiger charge is -2.10. The number of aromatic nitrogens is 2. The van der Waals surface area contributed by atoms with Gasteiger partial charge in [-0.3, -0.25) is 4.79 Å². The van der Waals surface area contributed by atoms with E-state index in [1.807, 2.05) is 54.6 Å². The van der Waals surface area contributed by atoms with Gasteiger partial charge in [0.05, 0.1) is 6.61 Å². The number of rotatable bonds is 8. The molecule has 0 aliphatic heterocycles. The summed E-state index contributed by atoms with van der Waals surface area (Å²) < 4.78 is 10.7. The molecular weight excluding hydrogens is 356 g/mol. The van der Waals surface area contributed by atoms with Crippen LogP contribution in [0.2, 0.25) is 0 Å². The van der Waals surface area contributed by atoms with Gasteiger partial charge < -0.3 is 20.1 Å². The first-order valence-electron chi connectivity index (χ1n) is 8.87. The predicted molar refractivity (Wildman–Crippen MR) is 107 cm³/mol. The smallest absolute Gasteiger partial charge is 0.270 e. The zero-order chi connectivity index (χ0) is 19.8. The molecule has 0 spiro atoms. The molecule has 7 nitrogen and oxygen atoms in total. The average molecular weight is 378 g/mol. The van der Waals surface area contributed by atoms with Crippen LogP contribution in [0.5, 0.6) is 11.5 Å². The van der Waals surface area contributed by atoms with Crippen LogP contribution in [-0.4, -0.2) is 36.1 Å². The highest BCUT2D eigenvalue weighted by molar-refractivity contribution is 5.93. The first-order valence-corrected chi connectivity index (χ1v) is 8.87. The van der Waals surface area contributed by atoms with Gasteiger partial charge in [0.15, 0.2) is 0 Å². The van der Waals surface area contributed by atoms with E-state index >= 15 is 0 Å². The number of ether oxygens (including phenoxy) is 2. The van der Waals surface area contributed by atoms with E-state index in [-0.39, 0.29) is 5.91 Å². The summed E-state index contributed by atoms with van der Waals surface area (Å²) in [5.41, 5.74) is 1.12. The Bertz CT molecular complexity index is 915. The summed E-state index contributed by atoms with van der Waals surface area (Å²) in [6.45, 7) is 2.61. The third kappa shape index (κ3) is 5.52. The second-order valence-electron chi connectivity index (χ2n) is 6.00. The fourth-order valence-electron chi connectivity index (χ4n) is 2.48.